The first-order valence-electron chi connectivity index (χ1n) is 5.93. The summed E-state index contributed by atoms with van der Waals surface area (Å²) in [5.41, 5.74) is 0. The Kier molecular flexibility index (Phi) is 4.64. The standard InChI is InChI=1S/C11H19NO6/c1-4-7(10(13)14)8(5-12(15)16)9-6-17-11(2,3)18-9/h7-9H,4-6H2,1-3H3,(H,13,14)/t7?,8?,9-/m0/s1. The lowest BCUT2D eigenvalue weighted by Crippen LogP contribution is -2.39. The number of nitro groups is 1. The monoisotopic (exact) mass is 261 g/mol. The highest BCUT2D eigenvalue weighted by Gasteiger charge is 2.44. The summed E-state index contributed by atoms with van der Waals surface area (Å²) >= 11 is 0. The van der Waals surface area contributed by atoms with Crippen molar-refractivity contribution in [2.24, 2.45) is 11.8 Å². The molecule has 0 radical (unpaired) electrons. The second kappa shape index (κ2) is 5.62. The quantitative estimate of drug-likeness (QED) is 0.568. The van der Waals surface area contributed by atoms with E-state index in [9.17, 15) is 14.9 Å². The van der Waals surface area contributed by atoms with Crippen molar-refractivity contribution in [3.63, 3.8) is 0 Å². The molecule has 1 aliphatic rings. The molecule has 1 N–H and O–H groups in total. The van der Waals surface area contributed by atoms with Gasteiger partial charge in [0.2, 0.25) is 6.54 Å². The van der Waals surface area contributed by atoms with Crippen LogP contribution in [0.25, 0.3) is 0 Å². The maximum Gasteiger partial charge on any atom is 0.307 e. The number of carboxylic acid groups (broad SMARTS) is 1. The number of carboxylic acids is 1. The van der Waals surface area contributed by atoms with Crippen molar-refractivity contribution in [2.45, 2.75) is 39.1 Å². The Morgan fingerprint density at radius 2 is 2.22 bits per heavy atom. The van der Waals surface area contributed by atoms with Gasteiger partial charge in [-0.3, -0.25) is 14.9 Å². The Bertz CT molecular complexity index is 329. The number of nitrogens with zero attached hydrogens (tertiary/aromatic N) is 1. The Hall–Kier alpha value is -1.21. The van der Waals surface area contributed by atoms with Gasteiger partial charge in [-0.1, -0.05) is 6.92 Å². The second-order valence-electron chi connectivity index (χ2n) is 4.90. The molecule has 1 saturated heterocycles. The van der Waals surface area contributed by atoms with Gasteiger partial charge in [0.15, 0.2) is 5.79 Å². The average molecular weight is 261 g/mol. The lowest BCUT2D eigenvalue weighted by atomic mass is 9.86. The van der Waals surface area contributed by atoms with Gasteiger partial charge >= 0.3 is 5.97 Å². The zero-order valence-corrected chi connectivity index (χ0v) is 10.8. The highest BCUT2D eigenvalue weighted by molar-refractivity contribution is 5.70. The number of hydrogen-bond donors (Lipinski definition) is 1. The largest absolute Gasteiger partial charge is 0.481 e. The number of ether oxygens (including phenoxy) is 2. The average Bonchev–Trinajstić information content (AvgIpc) is 2.57. The second-order valence-corrected chi connectivity index (χ2v) is 4.90. The van der Waals surface area contributed by atoms with Crippen LogP contribution in [0.5, 0.6) is 0 Å². The van der Waals surface area contributed by atoms with E-state index in [2.05, 4.69) is 0 Å². The van der Waals surface area contributed by atoms with Crippen LogP contribution in [0.15, 0.2) is 0 Å². The topological polar surface area (TPSA) is 98.9 Å². The lowest BCUT2D eigenvalue weighted by molar-refractivity contribution is -0.492. The molecule has 0 aromatic rings. The van der Waals surface area contributed by atoms with E-state index >= 15 is 0 Å². The number of hydrogen-bond acceptors (Lipinski definition) is 5. The molecule has 18 heavy (non-hydrogen) atoms. The van der Waals surface area contributed by atoms with Gasteiger partial charge in [0.05, 0.1) is 24.5 Å². The minimum absolute atomic E-state index is 0.190. The summed E-state index contributed by atoms with van der Waals surface area (Å²) in [6.07, 6.45) is -0.222. The number of aliphatic carboxylic acids is 1. The van der Waals surface area contributed by atoms with Gasteiger partial charge in [-0.2, -0.15) is 0 Å². The molecule has 0 saturated carbocycles. The zero-order chi connectivity index (χ0) is 13.9. The van der Waals surface area contributed by atoms with E-state index in [0.717, 1.165) is 0 Å². The molecule has 1 aliphatic heterocycles. The van der Waals surface area contributed by atoms with Crippen molar-refractivity contribution in [1.82, 2.24) is 0 Å². The van der Waals surface area contributed by atoms with Gasteiger partial charge in [0.25, 0.3) is 0 Å². The molecule has 7 heteroatoms. The fraction of sp³-hybridized carbons (Fsp3) is 0.909. The van der Waals surface area contributed by atoms with Crippen molar-refractivity contribution in [2.75, 3.05) is 13.2 Å². The molecule has 0 aromatic carbocycles. The van der Waals surface area contributed by atoms with Crippen LogP contribution in [0, 0.1) is 22.0 Å². The SMILES string of the molecule is CCC(C(=O)O)C(C[N+](=O)[O-])[C@@H]1COC(C)(C)O1. The maximum atomic E-state index is 11.2. The molecule has 1 rings (SSSR count). The predicted molar refractivity (Wildman–Crippen MR) is 61.7 cm³/mol. The minimum Gasteiger partial charge on any atom is -0.481 e. The van der Waals surface area contributed by atoms with E-state index in [1.807, 2.05) is 0 Å². The molecule has 104 valence electrons. The van der Waals surface area contributed by atoms with Crippen LogP contribution in [-0.2, 0) is 14.3 Å². The van der Waals surface area contributed by atoms with Gasteiger partial charge in [0, 0.05) is 4.92 Å². The van der Waals surface area contributed by atoms with E-state index in [1.165, 1.54) is 0 Å². The molecule has 0 spiro atoms. The first-order chi connectivity index (χ1) is 8.26. The van der Waals surface area contributed by atoms with E-state index in [0.29, 0.717) is 6.42 Å². The van der Waals surface area contributed by atoms with Gasteiger partial charge in [0.1, 0.15) is 0 Å². The van der Waals surface area contributed by atoms with Crippen molar-refractivity contribution in [3.05, 3.63) is 10.1 Å². The molecule has 0 aromatic heterocycles. The normalized spacial score (nSPS) is 25.6. The summed E-state index contributed by atoms with van der Waals surface area (Å²) in [6, 6.07) is 0. The van der Waals surface area contributed by atoms with Crippen LogP contribution in [0.2, 0.25) is 0 Å². The Morgan fingerprint density at radius 1 is 1.61 bits per heavy atom. The number of carbonyl (C=O) groups is 1. The smallest absolute Gasteiger partial charge is 0.307 e. The molecule has 1 heterocycles. The van der Waals surface area contributed by atoms with Crippen molar-refractivity contribution < 1.29 is 24.3 Å². The third kappa shape index (κ3) is 3.64. The van der Waals surface area contributed by atoms with E-state index < -0.39 is 41.2 Å². The summed E-state index contributed by atoms with van der Waals surface area (Å²) < 4.78 is 10.9. The molecule has 1 fully saturated rings. The van der Waals surface area contributed by atoms with Crippen LogP contribution in [-0.4, -0.2) is 41.0 Å². The Morgan fingerprint density at radius 3 is 2.56 bits per heavy atom. The van der Waals surface area contributed by atoms with Crippen molar-refractivity contribution >= 4 is 5.97 Å². The van der Waals surface area contributed by atoms with Gasteiger partial charge in [-0.25, -0.2) is 0 Å². The molecular formula is C11H19NO6. The summed E-state index contributed by atoms with van der Waals surface area (Å²) in [5.74, 6) is -3.31. The molecule has 3 atom stereocenters. The van der Waals surface area contributed by atoms with Gasteiger partial charge in [-0.15, -0.1) is 0 Å². The van der Waals surface area contributed by atoms with Crippen molar-refractivity contribution in [3.8, 4) is 0 Å². The van der Waals surface area contributed by atoms with E-state index in [1.54, 1.807) is 20.8 Å². The molecule has 7 nitrogen and oxygen atoms in total. The third-order valence-corrected chi connectivity index (χ3v) is 3.14. The number of rotatable bonds is 6. The fourth-order valence-electron chi connectivity index (χ4n) is 2.26. The zero-order valence-electron chi connectivity index (χ0n) is 10.8. The lowest BCUT2D eigenvalue weighted by Gasteiger charge is -2.25. The fourth-order valence-corrected chi connectivity index (χ4v) is 2.26. The van der Waals surface area contributed by atoms with Gasteiger partial charge < -0.3 is 14.6 Å². The van der Waals surface area contributed by atoms with E-state index in [-0.39, 0.29) is 6.61 Å². The van der Waals surface area contributed by atoms with Crippen LogP contribution in [0.1, 0.15) is 27.2 Å². The first kappa shape index (κ1) is 14.8. The predicted octanol–water partition coefficient (Wildman–Crippen LogP) is 1.14. The summed E-state index contributed by atoms with van der Waals surface area (Å²) in [5, 5.41) is 19.8. The van der Waals surface area contributed by atoms with Crippen LogP contribution < -0.4 is 0 Å². The molecule has 2 unspecified atom stereocenters. The Balaban J connectivity index is 2.84. The maximum absolute atomic E-state index is 11.2. The van der Waals surface area contributed by atoms with Crippen LogP contribution in [0.4, 0.5) is 0 Å². The van der Waals surface area contributed by atoms with Gasteiger partial charge in [-0.05, 0) is 20.3 Å². The minimum atomic E-state index is -1.03. The van der Waals surface area contributed by atoms with Crippen molar-refractivity contribution in [1.29, 1.82) is 0 Å². The highest BCUT2D eigenvalue weighted by Crippen LogP contribution is 2.31. The van der Waals surface area contributed by atoms with Crippen LogP contribution in [0.3, 0.4) is 0 Å². The highest BCUT2D eigenvalue weighted by atomic mass is 16.7. The summed E-state index contributed by atoms with van der Waals surface area (Å²) in [4.78, 5) is 21.3. The summed E-state index contributed by atoms with van der Waals surface area (Å²) in [7, 11) is 0. The molecule has 0 bridgehead atoms. The molecule has 0 aliphatic carbocycles. The van der Waals surface area contributed by atoms with E-state index in [4.69, 9.17) is 14.6 Å². The molecular weight excluding hydrogens is 242 g/mol. The van der Waals surface area contributed by atoms with Crippen LogP contribution >= 0.6 is 0 Å². The molecule has 0 amide bonds. The summed E-state index contributed by atoms with van der Waals surface area (Å²) in [6.45, 7) is 4.88. The Labute approximate surface area is 105 Å². The first-order valence-corrected chi connectivity index (χ1v) is 5.93. The third-order valence-electron chi connectivity index (χ3n) is 3.14.